The number of rotatable bonds is 5. The SMILES string of the molecule is CC(C)Oc1cc(CNC(=O)N2CCC(C)(C(=O)O)C2)ccn1. The number of amides is 2. The first kappa shape index (κ1) is 17.1. The van der Waals surface area contributed by atoms with Crippen LogP contribution in [0, 0.1) is 5.41 Å². The van der Waals surface area contributed by atoms with Crippen molar-refractivity contribution in [1.29, 1.82) is 0 Å². The zero-order chi connectivity index (χ0) is 17.0. The van der Waals surface area contributed by atoms with Crippen molar-refractivity contribution >= 4 is 12.0 Å². The molecule has 1 aromatic heterocycles. The molecule has 0 spiro atoms. The molecule has 0 bridgehead atoms. The lowest BCUT2D eigenvalue weighted by Crippen LogP contribution is -2.40. The Morgan fingerprint density at radius 1 is 1.52 bits per heavy atom. The van der Waals surface area contributed by atoms with Crippen LogP contribution in [-0.2, 0) is 11.3 Å². The predicted molar refractivity (Wildman–Crippen MR) is 84.2 cm³/mol. The third kappa shape index (κ3) is 4.34. The van der Waals surface area contributed by atoms with Gasteiger partial charge in [-0.3, -0.25) is 4.79 Å². The summed E-state index contributed by atoms with van der Waals surface area (Å²) in [7, 11) is 0. The second-order valence-corrected chi connectivity index (χ2v) is 6.37. The van der Waals surface area contributed by atoms with Gasteiger partial charge in [0.2, 0.25) is 5.88 Å². The van der Waals surface area contributed by atoms with Gasteiger partial charge in [0.15, 0.2) is 0 Å². The molecular weight excluding hydrogens is 298 g/mol. The van der Waals surface area contributed by atoms with Crippen LogP contribution >= 0.6 is 0 Å². The molecule has 0 radical (unpaired) electrons. The monoisotopic (exact) mass is 321 g/mol. The Morgan fingerprint density at radius 3 is 2.87 bits per heavy atom. The highest BCUT2D eigenvalue weighted by atomic mass is 16.5. The summed E-state index contributed by atoms with van der Waals surface area (Å²) < 4.78 is 5.52. The van der Waals surface area contributed by atoms with Crippen molar-refractivity contribution in [2.45, 2.75) is 39.8 Å². The van der Waals surface area contributed by atoms with Gasteiger partial charge in [-0.2, -0.15) is 0 Å². The number of carboxylic acid groups (broad SMARTS) is 1. The maximum Gasteiger partial charge on any atom is 0.317 e. The first-order valence-electron chi connectivity index (χ1n) is 7.68. The van der Waals surface area contributed by atoms with Crippen molar-refractivity contribution in [3.8, 4) is 5.88 Å². The fourth-order valence-corrected chi connectivity index (χ4v) is 2.46. The number of ether oxygens (including phenoxy) is 1. The van der Waals surface area contributed by atoms with E-state index in [-0.39, 0.29) is 18.7 Å². The summed E-state index contributed by atoms with van der Waals surface area (Å²) in [5, 5.41) is 12.0. The molecule has 1 unspecified atom stereocenters. The number of nitrogens with zero attached hydrogens (tertiary/aromatic N) is 2. The zero-order valence-electron chi connectivity index (χ0n) is 13.7. The summed E-state index contributed by atoms with van der Waals surface area (Å²) in [6.07, 6.45) is 2.14. The van der Waals surface area contributed by atoms with E-state index in [0.29, 0.717) is 25.4 Å². The first-order valence-corrected chi connectivity index (χ1v) is 7.68. The van der Waals surface area contributed by atoms with E-state index in [2.05, 4.69) is 10.3 Å². The normalized spacial score (nSPS) is 20.6. The quantitative estimate of drug-likeness (QED) is 0.864. The summed E-state index contributed by atoms with van der Waals surface area (Å²) >= 11 is 0. The van der Waals surface area contributed by atoms with E-state index in [1.807, 2.05) is 13.8 Å². The van der Waals surface area contributed by atoms with E-state index in [9.17, 15) is 14.7 Å². The van der Waals surface area contributed by atoms with E-state index in [1.54, 1.807) is 30.2 Å². The maximum absolute atomic E-state index is 12.2. The van der Waals surface area contributed by atoms with Crippen molar-refractivity contribution < 1.29 is 19.4 Å². The molecule has 0 aromatic carbocycles. The highest BCUT2D eigenvalue weighted by Gasteiger charge is 2.42. The van der Waals surface area contributed by atoms with Gasteiger partial charge in [0.1, 0.15) is 0 Å². The number of aliphatic carboxylic acids is 1. The van der Waals surface area contributed by atoms with Gasteiger partial charge in [-0.1, -0.05) is 0 Å². The number of carboxylic acids is 1. The minimum Gasteiger partial charge on any atom is -0.481 e. The van der Waals surface area contributed by atoms with E-state index in [1.165, 1.54) is 0 Å². The molecule has 1 fully saturated rings. The van der Waals surface area contributed by atoms with Crippen LogP contribution in [0.25, 0.3) is 0 Å². The number of hydrogen-bond donors (Lipinski definition) is 2. The van der Waals surface area contributed by atoms with Crippen LogP contribution in [0.15, 0.2) is 18.3 Å². The maximum atomic E-state index is 12.2. The van der Waals surface area contributed by atoms with Gasteiger partial charge < -0.3 is 20.1 Å². The number of pyridine rings is 1. The lowest BCUT2D eigenvalue weighted by molar-refractivity contribution is -0.147. The van der Waals surface area contributed by atoms with Gasteiger partial charge in [0, 0.05) is 31.9 Å². The molecule has 1 aliphatic rings. The van der Waals surface area contributed by atoms with Crippen LogP contribution in [0.4, 0.5) is 4.79 Å². The van der Waals surface area contributed by atoms with Crippen molar-refractivity contribution in [3.63, 3.8) is 0 Å². The van der Waals surface area contributed by atoms with Crippen LogP contribution in [0.5, 0.6) is 5.88 Å². The molecule has 1 aliphatic heterocycles. The van der Waals surface area contributed by atoms with Crippen LogP contribution in [0.2, 0.25) is 0 Å². The fourth-order valence-electron chi connectivity index (χ4n) is 2.46. The second kappa shape index (κ2) is 6.85. The van der Waals surface area contributed by atoms with Crippen LogP contribution in [0.1, 0.15) is 32.8 Å². The minimum atomic E-state index is -0.864. The Bertz CT molecular complexity index is 590. The van der Waals surface area contributed by atoms with Gasteiger partial charge in [0.05, 0.1) is 11.5 Å². The summed E-state index contributed by atoms with van der Waals surface area (Å²) in [6.45, 7) is 6.53. The lowest BCUT2D eigenvalue weighted by atomic mass is 9.90. The summed E-state index contributed by atoms with van der Waals surface area (Å²) in [5.74, 6) is -0.344. The first-order chi connectivity index (χ1) is 10.8. The Labute approximate surface area is 135 Å². The molecule has 0 aliphatic carbocycles. The topological polar surface area (TPSA) is 91.8 Å². The standard InChI is InChI=1S/C16H23N3O4/c1-11(2)23-13-8-12(4-6-17-13)9-18-15(22)19-7-5-16(3,10-19)14(20)21/h4,6,8,11H,5,7,9-10H2,1-3H3,(H,18,22)(H,20,21). The van der Waals surface area contributed by atoms with E-state index in [4.69, 9.17) is 4.74 Å². The van der Waals surface area contributed by atoms with Gasteiger partial charge in [-0.05, 0) is 38.8 Å². The third-order valence-corrected chi connectivity index (χ3v) is 3.88. The zero-order valence-corrected chi connectivity index (χ0v) is 13.7. The molecule has 7 heteroatoms. The van der Waals surface area contributed by atoms with Crippen molar-refractivity contribution in [2.24, 2.45) is 5.41 Å². The van der Waals surface area contributed by atoms with Gasteiger partial charge in [-0.15, -0.1) is 0 Å². The highest BCUT2D eigenvalue weighted by Crippen LogP contribution is 2.30. The van der Waals surface area contributed by atoms with Crippen LogP contribution in [0.3, 0.4) is 0 Å². The van der Waals surface area contributed by atoms with E-state index >= 15 is 0 Å². The van der Waals surface area contributed by atoms with Crippen LogP contribution < -0.4 is 10.1 Å². The van der Waals surface area contributed by atoms with Gasteiger partial charge >= 0.3 is 12.0 Å². The molecule has 126 valence electrons. The predicted octanol–water partition coefficient (Wildman–Crippen LogP) is 1.88. The molecule has 2 N–H and O–H groups in total. The molecular formula is C16H23N3O4. The largest absolute Gasteiger partial charge is 0.481 e. The number of hydrogen-bond acceptors (Lipinski definition) is 4. The number of urea groups is 1. The molecule has 1 aromatic rings. The minimum absolute atomic E-state index is 0.0330. The summed E-state index contributed by atoms with van der Waals surface area (Å²) in [6, 6.07) is 3.34. The molecule has 2 rings (SSSR count). The summed E-state index contributed by atoms with van der Waals surface area (Å²) in [5.41, 5.74) is 0.0240. The van der Waals surface area contributed by atoms with Crippen LogP contribution in [-0.4, -0.2) is 46.2 Å². The molecule has 23 heavy (non-hydrogen) atoms. The average molecular weight is 321 g/mol. The molecule has 0 saturated carbocycles. The third-order valence-electron chi connectivity index (χ3n) is 3.88. The van der Waals surface area contributed by atoms with E-state index < -0.39 is 11.4 Å². The Balaban J connectivity index is 1.89. The average Bonchev–Trinajstić information content (AvgIpc) is 2.89. The number of likely N-dealkylation sites (tertiary alicyclic amines) is 1. The van der Waals surface area contributed by atoms with Gasteiger partial charge in [-0.25, -0.2) is 9.78 Å². The van der Waals surface area contributed by atoms with Crippen molar-refractivity contribution in [2.75, 3.05) is 13.1 Å². The number of nitrogens with one attached hydrogen (secondary N) is 1. The smallest absolute Gasteiger partial charge is 0.317 e. The molecule has 1 atom stereocenters. The summed E-state index contributed by atoms with van der Waals surface area (Å²) in [4.78, 5) is 29.0. The number of carbonyl (C=O) groups excluding carboxylic acids is 1. The number of aromatic nitrogens is 1. The Hall–Kier alpha value is -2.31. The van der Waals surface area contributed by atoms with E-state index in [0.717, 1.165) is 5.56 Å². The van der Waals surface area contributed by atoms with Crippen molar-refractivity contribution in [1.82, 2.24) is 15.2 Å². The Morgan fingerprint density at radius 2 is 2.26 bits per heavy atom. The molecule has 7 nitrogen and oxygen atoms in total. The number of carbonyl (C=O) groups is 2. The van der Waals surface area contributed by atoms with Crippen molar-refractivity contribution in [3.05, 3.63) is 23.9 Å². The molecule has 2 amide bonds. The molecule has 2 heterocycles. The fraction of sp³-hybridized carbons (Fsp3) is 0.562. The second-order valence-electron chi connectivity index (χ2n) is 6.37. The molecule has 1 saturated heterocycles. The lowest BCUT2D eigenvalue weighted by Gasteiger charge is -2.20. The highest BCUT2D eigenvalue weighted by molar-refractivity contribution is 5.79. The van der Waals surface area contributed by atoms with Gasteiger partial charge in [0.25, 0.3) is 0 Å². The Kier molecular flexibility index (Phi) is 5.08.